The lowest BCUT2D eigenvalue weighted by Gasteiger charge is -2.19. The second kappa shape index (κ2) is 6.74. The molecule has 1 fully saturated rings. The van der Waals surface area contributed by atoms with Crippen molar-refractivity contribution in [1.82, 2.24) is 5.16 Å². The fourth-order valence-electron chi connectivity index (χ4n) is 2.65. The molecule has 1 atom stereocenters. The molecule has 3 rings (SSSR count). The van der Waals surface area contributed by atoms with E-state index in [9.17, 15) is 9.59 Å². The van der Waals surface area contributed by atoms with Crippen LogP contribution >= 0.6 is 0 Å². The second-order valence-corrected chi connectivity index (χ2v) is 5.89. The molecule has 2 N–H and O–H groups in total. The summed E-state index contributed by atoms with van der Waals surface area (Å²) in [4.78, 5) is 25.8. The lowest BCUT2D eigenvalue weighted by molar-refractivity contribution is -0.117. The average molecular weight is 328 g/mol. The fraction of sp³-hybridized carbons (Fsp3) is 0.353. The van der Waals surface area contributed by atoms with E-state index in [1.165, 1.54) is 0 Å². The molecular formula is C17H20N4O3. The number of rotatable bonds is 5. The van der Waals surface area contributed by atoms with Gasteiger partial charge < -0.3 is 14.7 Å². The number of aryl methyl sites for hydroxylation is 1. The highest BCUT2D eigenvalue weighted by molar-refractivity contribution is 5.97. The molecule has 1 aromatic heterocycles. The molecule has 0 saturated carbocycles. The Morgan fingerprint density at radius 1 is 1.38 bits per heavy atom. The van der Waals surface area contributed by atoms with Crippen LogP contribution in [0.4, 0.5) is 17.3 Å². The van der Waals surface area contributed by atoms with Gasteiger partial charge in [0.1, 0.15) is 6.04 Å². The first-order valence-corrected chi connectivity index (χ1v) is 7.94. The summed E-state index contributed by atoms with van der Waals surface area (Å²) in [6, 6.07) is 8.70. The van der Waals surface area contributed by atoms with E-state index in [4.69, 9.17) is 4.52 Å². The van der Waals surface area contributed by atoms with E-state index < -0.39 is 6.04 Å². The molecule has 1 aliphatic rings. The van der Waals surface area contributed by atoms with Gasteiger partial charge in [-0.3, -0.25) is 14.9 Å². The first-order valence-electron chi connectivity index (χ1n) is 7.94. The van der Waals surface area contributed by atoms with Gasteiger partial charge in [0.15, 0.2) is 0 Å². The standard InChI is InChI=1S/C17H20N4O3/c1-11-9-15(24-20-11)19-17(23)12(2)18-13-5-3-6-14(10-13)21-8-4-7-16(21)22/h3,5-6,9-10,12,18H,4,7-8H2,1-2H3,(H,19,23)/t12-/m0/s1. The van der Waals surface area contributed by atoms with Crippen molar-refractivity contribution in [2.75, 3.05) is 22.1 Å². The van der Waals surface area contributed by atoms with Gasteiger partial charge in [-0.2, -0.15) is 0 Å². The van der Waals surface area contributed by atoms with Crippen molar-refractivity contribution in [3.63, 3.8) is 0 Å². The minimum Gasteiger partial charge on any atom is -0.374 e. The van der Waals surface area contributed by atoms with Gasteiger partial charge in [0, 0.05) is 30.4 Å². The van der Waals surface area contributed by atoms with Gasteiger partial charge in [-0.1, -0.05) is 11.2 Å². The van der Waals surface area contributed by atoms with Crippen LogP contribution in [0.25, 0.3) is 0 Å². The number of aromatic nitrogens is 1. The van der Waals surface area contributed by atoms with Gasteiger partial charge in [-0.05, 0) is 38.5 Å². The zero-order valence-electron chi connectivity index (χ0n) is 13.7. The van der Waals surface area contributed by atoms with Crippen LogP contribution in [0.3, 0.4) is 0 Å². The first-order chi connectivity index (χ1) is 11.5. The summed E-state index contributed by atoms with van der Waals surface area (Å²) in [6.07, 6.45) is 1.47. The fourth-order valence-corrected chi connectivity index (χ4v) is 2.65. The highest BCUT2D eigenvalue weighted by atomic mass is 16.5. The van der Waals surface area contributed by atoms with Crippen LogP contribution in [0.2, 0.25) is 0 Å². The molecule has 2 aromatic rings. The molecule has 0 bridgehead atoms. The van der Waals surface area contributed by atoms with E-state index in [2.05, 4.69) is 15.8 Å². The van der Waals surface area contributed by atoms with E-state index in [-0.39, 0.29) is 11.8 Å². The summed E-state index contributed by atoms with van der Waals surface area (Å²) in [6.45, 7) is 4.28. The highest BCUT2D eigenvalue weighted by Crippen LogP contribution is 2.24. The Kier molecular flexibility index (Phi) is 4.50. The van der Waals surface area contributed by atoms with Gasteiger partial charge in [-0.15, -0.1) is 0 Å². The number of nitrogens with zero attached hydrogens (tertiary/aromatic N) is 2. The molecule has 0 aliphatic carbocycles. The van der Waals surface area contributed by atoms with Gasteiger partial charge in [0.2, 0.25) is 17.7 Å². The normalized spacial score (nSPS) is 15.4. The van der Waals surface area contributed by atoms with E-state index in [1.807, 2.05) is 24.3 Å². The van der Waals surface area contributed by atoms with Gasteiger partial charge in [-0.25, -0.2) is 0 Å². The maximum Gasteiger partial charge on any atom is 0.248 e. The maximum atomic E-state index is 12.2. The third kappa shape index (κ3) is 3.56. The lowest BCUT2D eigenvalue weighted by atomic mass is 10.2. The Balaban J connectivity index is 1.64. The lowest BCUT2D eigenvalue weighted by Crippen LogP contribution is -2.32. The number of carbonyl (C=O) groups excluding carboxylic acids is 2. The number of nitrogens with one attached hydrogen (secondary N) is 2. The van der Waals surface area contributed by atoms with Gasteiger partial charge >= 0.3 is 0 Å². The number of carbonyl (C=O) groups is 2. The zero-order chi connectivity index (χ0) is 17.1. The van der Waals surface area contributed by atoms with Crippen molar-refractivity contribution in [3.8, 4) is 0 Å². The van der Waals surface area contributed by atoms with Crippen LogP contribution in [0.15, 0.2) is 34.9 Å². The van der Waals surface area contributed by atoms with Crippen molar-refractivity contribution in [2.45, 2.75) is 32.7 Å². The van der Waals surface area contributed by atoms with Gasteiger partial charge in [0.25, 0.3) is 0 Å². The summed E-state index contributed by atoms with van der Waals surface area (Å²) < 4.78 is 4.98. The molecule has 1 aliphatic heterocycles. The molecule has 7 nitrogen and oxygen atoms in total. The molecule has 1 aromatic carbocycles. The molecule has 2 amide bonds. The summed E-state index contributed by atoms with van der Waals surface area (Å²) in [7, 11) is 0. The Morgan fingerprint density at radius 3 is 2.88 bits per heavy atom. The Labute approximate surface area is 140 Å². The molecule has 126 valence electrons. The van der Waals surface area contributed by atoms with E-state index >= 15 is 0 Å². The minimum absolute atomic E-state index is 0.138. The first kappa shape index (κ1) is 16.0. The maximum absolute atomic E-state index is 12.2. The van der Waals surface area contributed by atoms with Crippen molar-refractivity contribution in [2.24, 2.45) is 0 Å². The Hall–Kier alpha value is -2.83. The van der Waals surface area contributed by atoms with Crippen LogP contribution < -0.4 is 15.5 Å². The van der Waals surface area contributed by atoms with Crippen LogP contribution in [0, 0.1) is 6.92 Å². The number of amides is 2. The Bertz CT molecular complexity index is 756. The SMILES string of the molecule is Cc1cc(NC(=O)[C@H](C)Nc2cccc(N3CCCC3=O)c2)on1. The molecular weight excluding hydrogens is 308 g/mol. The topological polar surface area (TPSA) is 87.5 Å². The van der Waals surface area contributed by atoms with Crippen LogP contribution in [0.5, 0.6) is 0 Å². The second-order valence-electron chi connectivity index (χ2n) is 5.89. The molecule has 0 spiro atoms. The zero-order valence-corrected chi connectivity index (χ0v) is 13.7. The molecule has 2 heterocycles. The van der Waals surface area contributed by atoms with Crippen LogP contribution in [-0.4, -0.2) is 29.6 Å². The summed E-state index contributed by atoms with van der Waals surface area (Å²) in [5.74, 6) is 0.231. The van der Waals surface area contributed by atoms with E-state index in [1.54, 1.807) is 24.8 Å². The number of benzene rings is 1. The van der Waals surface area contributed by atoms with Crippen LogP contribution in [-0.2, 0) is 9.59 Å². The molecule has 0 unspecified atom stereocenters. The number of hydrogen-bond donors (Lipinski definition) is 2. The minimum atomic E-state index is -0.472. The molecule has 0 radical (unpaired) electrons. The smallest absolute Gasteiger partial charge is 0.248 e. The monoisotopic (exact) mass is 328 g/mol. The van der Waals surface area contributed by atoms with Crippen molar-refractivity contribution in [1.29, 1.82) is 0 Å². The molecule has 1 saturated heterocycles. The highest BCUT2D eigenvalue weighted by Gasteiger charge is 2.22. The summed E-state index contributed by atoms with van der Waals surface area (Å²) in [5.41, 5.74) is 2.33. The largest absolute Gasteiger partial charge is 0.374 e. The van der Waals surface area contributed by atoms with E-state index in [0.29, 0.717) is 18.0 Å². The van der Waals surface area contributed by atoms with Crippen molar-refractivity contribution < 1.29 is 14.1 Å². The molecule has 7 heteroatoms. The molecule has 24 heavy (non-hydrogen) atoms. The summed E-state index contributed by atoms with van der Waals surface area (Å²) in [5, 5.41) is 9.53. The predicted octanol–water partition coefficient (Wildman–Crippen LogP) is 2.55. The number of hydrogen-bond acceptors (Lipinski definition) is 5. The third-order valence-electron chi connectivity index (χ3n) is 3.88. The van der Waals surface area contributed by atoms with Crippen molar-refractivity contribution in [3.05, 3.63) is 36.0 Å². The average Bonchev–Trinajstić information content (AvgIpc) is 3.16. The predicted molar refractivity (Wildman–Crippen MR) is 91.0 cm³/mol. The Morgan fingerprint density at radius 2 is 2.21 bits per heavy atom. The van der Waals surface area contributed by atoms with E-state index in [0.717, 1.165) is 24.3 Å². The van der Waals surface area contributed by atoms with Crippen LogP contribution in [0.1, 0.15) is 25.5 Å². The van der Waals surface area contributed by atoms with Crippen molar-refractivity contribution >= 4 is 29.1 Å². The van der Waals surface area contributed by atoms with Gasteiger partial charge in [0.05, 0.1) is 5.69 Å². The number of anilines is 3. The third-order valence-corrected chi connectivity index (χ3v) is 3.88. The summed E-state index contributed by atoms with van der Waals surface area (Å²) >= 11 is 0. The quantitative estimate of drug-likeness (QED) is 0.881.